The molecule has 2 nitrogen and oxygen atoms in total. The number of fused-ring (bicyclic) bond motifs is 1. The molecule has 1 atom stereocenters. The summed E-state index contributed by atoms with van der Waals surface area (Å²) < 4.78 is 0. The number of rotatable bonds is 4. The van der Waals surface area contributed by atoms with Gasteiger partial charge in [-0.1, -0.05) is 48.5 Å². The third-order valence-electron chi connectivity index (χ3n) is 4.01. The SMILES string of the molecule is NC1Cc2ccccc2N(CCCc2ccccc2)C1. The molecule has 1 aliphatic heterocycles. The first-order chi connectivity index (χ1) is 9.83. The monoisotopic (exact) mass is 266 g/mol. The first-order valence-electron chi connectivity index (χ1n) is 7.45. The number of hydrogen-bond acceptors (Lipinski definition) is 2. The van der Waals surface area contributed by atoms with Crippen LogP contribution in [0.3, 0.4) is 0 Å². The van der Waals surface area contributed by atoms with Gasteiger partial charge in [-0.15, -0.1) is 0 Å². The van der Waals surface area contributed by atoms with Crippen LogP contribution >= 0.6 is 0 Å². The maximum Gasteiger partial charge on any atom is 0.0399 e. The number of benzene rings is 2. The van der Waals surface area contributed by atoms with Gasteiger partial charge in [0.15, 0.2) is 0 Å². The second-order valence-electron chi connectivity index (χ2n) is 5.63. The van der Waals surface area contributed by atoms with E-state index in [1.165, 1.54) is 23.2 Å². The zero-order chi connectivity index (χ0) is 13.8. The van der Waals surface area contributed by atoms with Crippen molar-refractivity contribution in [1.29, 1.82) is 0 Å². The van der Waals surface area contributed by atoms with E-state index in [-0.39, 0.29) is 6.04 Å². The molecular formula is C18H22N2. The van der Waals surface area contributed by atoms with E-state index < -0.39 is 0 Å². The van der Waals surface area contributed by atoms with Crippen molar-refractivity contribution < 1.29 is 0 Å². The van der Waals surface area contributed by atoms with Crippen LogP contribution in [0.15, 0.2) is 54.6 Å². The van der Waals surface area contributed by atoms with Gasteiger partial charge >= 0.3 is 0 Å². The Labute approximate surface area is 121 Å². The maximum absolute atomic E-state index is 6.18. The first-order valence-corrected chi connectivity index (χ1v) is 7.45. The third kappa shape index (κ3) is 3.02. The Bertz CT molecular complexity index is 550. The fourth-order valence-electron chi connectivity index (χ4n) is 3.05. The van der Waals surface area contributed by atoms with E-state index >= 15 is 0 Å². The van der Waals surface area contributed by atoms with Gasteiger partial charge in [0.25, 0.3) is 0 Å². The summed E-state index contributed by atoms with van der Waals surface area (Å²) in [5, 5.41) is 0. The van der Waals surface area contributed by atoms with Gasteiger partial charge in [-0.2, -0.15) is 0 Å². The number of nitrogens with zero attached hydrogens (tertiary/aromatic N) is 1. The van der Waals surface area contributed by atoms with Crippen LogP contribution in [-0.2, 0) is 12.8 Å². The highest BCUT2D eigenvalue weighted by atomic mass is 15.1. The average Bonchev–Trinajstić information content (AvgIpc) is 2.48. The molecule has 0 aliphatic carbocycles. The molecule has 0 radical (unpaired) electrons. The number of para-hydroxylation sites is 1. The van der Waals surface area contributed by atoms with Crippen LogP contribution in [0.25, 0.3) is 0 Å². The Kier molecular flexibility index (Phi) is 4.03. The van der Waals surface area contributed by atoms with E-state index in [0.717, 1.165) is 25.9 Å². The molecule has 3 rings (SSSR count). The zero-order valence-electron chi connectivity index (χ0n) is 11.8. The predicted octanol–water partition coefficient (Wildman–Crippen LogP) is 3.01. The van der Waals surface area contributed by atoms with E-state index in [1.54, 1.807) is 0 Å². The van der Waals surface area contributed by atoms with Crippen molar-refractivity contribution in [2.45, 2.75) is 25.3 Å². The minimum Gasteiger partial charge on any atom is -0.370 e. The molecule has 2 aromatic carbocycles. The van der Waals surface area contributed by atoms with E-state index in [1.807, 2.05) is 0 Å². The van der Waals surface area contributed by atoms with Crippen LogP contribution in [0.4, 0.5) is 5.69 Å². The minimum absolute atomic E-state index is 0.265. The first kappa shape index (κ1) is 13.2. The van der Waals surface area contributed by atoms with Crippen molar-refractivity contribution in [2.75, 3.05) is 18.0 Å². The van der Waals surface area contributed by atoms with Gasteiger partial charge in [-0.05, 0) is 36.5 Å². The second kappa shape index (κ2) is 6.10. The molecule has 2 heteroatoms. The smallest absolute Gasteiger partial charge is 0.0399 e. The van der Waals surface area contributed by atoms with Gasteiger partial charge in [0.1, 0.15) is 0 Å². The van der Waals surface area contributed by atoms with Crippen LogP contribution in [0.5, 0.6) is 0 Å². The Morgan fingerprint density at radius 2 is 1.75 bits per heavy atom. The number of anilines is 1. The lowest BCUT2D eigenvalue weighted by Gasteiger charge is -2.34. The van der Waals surface area contributed by atoms with Crippen LogP contribution in [0.2, 0.25) is 0 Å². The lowest BCUT2D eigenvalue weighted by Crippen LogP contribution is -2.43. The maximum atomic E-state index is 6.18. The third-order valence-corrected chi connectivity index (χ3v) is 4.01. The van der Waals surface area contributed by atoms with Crippen molar-refractivity contribution in [3.05, 3.63) is 65.7 Å². The Balaban J connectivity index is 1.63. The summed E-state index contributed by atoms with van der Waals surface area (Å²) in [7, 11) is 0. The van der Waals surface area contributed by atoms with Gasteiger partial charge in [0.05, 0.1) is 0 Å². The highest BCUT2D eigenvalue weighted by Gasteiger charge is 2.20. The van der Waals surface area contributed by atoms with E-state index in [9.17, 15) is 0 Å². The highest BCUT2D eigenvalue weighted by Crippen LogP contribution is 2.26. The molecule has 0 saturated heterocycles. The topological polar surface area (TPSA) is 29.3 Å². The van der Waals surface area contributed by atoms with Crippen molar-refractivity contribution >= 4 is 5.69 Å². The summed E-state index contributed by atoms with van der Waals surface area (Å²) >= 11 is 0. The van der Waals surface area contributed by atoms with Crippen molar-refractivity contribution in [3.63, 3.8) is 0 Å². The standard InChI is InChI=1S/C18H22N2/c19-17-13-16-10-4-5-11-18(16)20(14-17)12-6-9-15-7-2-1-3-8-15/h1-5,7-8,10-11,17H,6,9,12-14,19H2. The molecule has 0 saturated carbocycles. The molecule has 1 unspecified atom stereocenters. The Hall–Kier alpha value is -1.80. The highest BCUT2D eigenvalue weighted by molar-refractivity contribution is 5.56. The van der Waals surface area contributed by atoms with Gasteiger partial charge in [0.2, 0.25) is 0 Å². The molecular weight excluding hydrogens is 244 g/mol. The minimum atomic E-state index is 0.265. The van der Waals surface area contributed by atoms with Crippen molar-refractivity contribution in [1.82, 2.24) is 0 Å². The number of nitrogens with two attached hydrogens (primary N) is 1. The lowest BCUT2D eigenvalue weighted by atomic mass is 9.98. The van der Waals surface area contributed by atoms with Gasteiger partial charge in [0, 0.05) is 24.8 Å². The molecule has 0 bridgehead atoms. The quantitative estimate of drug-likeness (QED) is 0.921. The van der Waals surface area contributed by atoms with Gasteiger partial charge in [-0.3, -0.25) is 0 Å². The van der Waals surface area contributed by atoms with E-state index in [0.29, 0.717) is 0 Å². The molecule has 1 heterocycles. The lowest BCUT2D eigenvalue weighted by molar-refractivity contribution is 0.589. The van der Waals surface area contributed by atoms with E-state index in [2.05, 4.69) is 59.5 Å². The molecule has 0 spiro atoms. The number of hydrogen-bond donors (Lipinski definition) is 1. The molecule has 104 valence electrons. The predicted molar refractivity (Wildman–Crippen MR) is 85.1 cm³/mol. The van der Waals surface area contributed by atoms with Crippen LogP contribution in [0.1, 0.15) is 17.5 Å². The molecule has 1 aliphatic rings. The number of aryl methyl sites for hydroxylation is 1. The summed E-state index contributed by atoms with van der Waals surface area (Å²) in [5.41, 5.74) is 10.4. The van der Waals surface area contributed by atoms with Crippen LogP contribution in [-0.4, -0.2) is 19.1 Å². The summed E-state index contributed by atoms with van der Waals surface area (Å²) in [6.45, 7) is 2.06. The molecule has 2 aromatic rings. The molecule has 0 amide bonds. The van der Waals surface area contributed by atoms with Crippen molar-refractivity contribution in [2.24, 2.45) is 5.73 Å². The summed E-state index contributed by atoms with van der Waals surface area (Å²) in [6, 6.07) is 19.6. The van der Waals surface area contributed by atoms with Crippen LogP contribution < -0.4 is 10.6 Å². The average molecular weight is 266 g/mol. The largest absolute Gasteiger partial charge is 0.370 e. The molecule has 20 heavy (non-hydrogen) atoms. The van der Waals surface area contributed by atoms with E-state index in [4.69, 9.17) is 5.73 Å². The fourth-order valence-corrected chi connectivity index (χ4v) is 3.05. The Morgan fingerprint density at radius 1 is 1.00 bits per heavy atom. The zero-order valence-corrected chi connectivity index (χ0v) is 11.8. The summed E-state index contributed by atoms with van der Waals surface area (Å²) in [5.74, 6) is 0. The second-order valence-corrected chi connectivity index (χ2v) is 5.63. The van der Waals surface area contributed by atoms with Gasteiger partial charge < -0.3 is 10.6 Å². The summed E-state index contributed by atoms with van der Waals surface area (Å²) in [6.07, 6.45) is 3.31. The normalized spacial score (nSPS) is 17.9. The molecule has 0 fully saturated rings. The summed E-state index contributed by atoms with van der Waals surface area (Å²) in [4.78, 5) is 2.45. The molecule has 2 N–H and O–H groups in total. The van der Waals surface area contributed by atoms with Crippen LogP contribution in [0, 0.1) is 0 Å². The molecule has 0 aromatic heterocycles. The van der Waals surface area contributed by atoms with Gasteiger partial charge in [-0.25, -0.2) is 0 Å². The van der Waals surface area contributed by atoms with Crippen molar-refractivity contribution in [3.8, 4) is 0 Å². The Morgan fingerprint density at radius 3 is 2.60 bits per heavy atom. The fraction of sp³-hybridized carbons (Fsp3) is 0.333.